The van der Waals surface area contributed by atoms with Crippen molar-refractivity contribution in [1.82, 2.24) is 15.1 Å². The molecule has 1 saturated heterocycles. The average Bonchev–Trinajstić information content (AvgIpc) is 3.42. The first-order valence-corrected chi connectivity index (χ1v) is 12.7. The van der Waals surface area contributed by atoms with Gasteiger partial charge in [0.25, 0.3) is 17.7 Å². The van der Waals surface area contributed by atoms with Gasteiger partial charge < -0.3 is 19.5 Å². The molecule has 1 aliphatic rings. The van der Waals surface area contributed by atoms with E-state index >= 15 is 0 Å². The van der Waals surface area contributed by atoms with Crippen LogP contribution in [0.25, 0.3) is 0 Å². The zero-order valence-corrected chi connectivity index (χ0v) is 20.0. The van der Waals surface area contributed by atoms with E-state index in [0.717, 1.165) is 0 Å². The van der Waals surface area contributed by atoms with Gasteiger partial charge in [-0.2, -0.15) is 0 Å². The number of benzene rings is 2. The van der Waals surface area contributed by atoms with Crippen LogP contribution in [0.5, 0.6) is 0 Å². The van der Waals surface area contributed by atoms with Gasteiger partial charge in [-0.05, 0) is 48.5 Å². The fraction of sp³-hybridized carbons (Fsp3) is 0.208. The van der Waals surface area contributed by atoms with E-state index in [0.29, 0.717) is 5.02 Å². The third-order valence-electron chi connectivity index (χ3n) is 5.59. The minimum Gasteiger partial charge on any atom is -0.459 e. The van der Waals surface area contributed by atoms with Crippen LogP contribution < -0.4 is 5.32 Å². The van der Waals surface area contributed by atoms with E-state index in [9.17, 15) is 22.8 Å². The molecular formula is C24H22ClN3O6S. The van der Waals surface area contributed by atoms with Crippen molar-refractivity contribution in [3.63, 3.8) is 0 Å². The molecule has 3 aromatic rings. The summed E-state index contributed by atoms with van der Waals surface area (Å²) in [4.78, 5) is 41.6. The molecule has 1 atom stereocenters. The summed E-state index contributed by atoms with van der Waals surface area (Å²) in [6.45, 7) is 0.578. The van der Waals surface area contributed by atoms with Crippen molar-refractivity contribution in [1.29, 1.82) is 0 Å². The summed E-state index contributed by atoms with van der Waals surface area (Å²) in [5.74, 6) is -1.64. The predicted octanol–water partition coefficient (Wildman–Crippen LogP) is 2.45. The molecule has 3 amide bonds. The smallest absolute Gasteiger partial charge is 0.289 e. The summed E-state index contributed by atoms with van der Waals surface area (Å²) in [6.07, 6.45) is 1.40. The molecular weight excluding hydrogens is 494 g/mol. The predicted molar refractivity (Wildman–Crippen MR) is 128 cm³/mol. The van der Waals surface area contributed by atoms with Crippen molar-refractivity contribution in [2.45, 2.75) is 10.3 Å². The monoisotopic (exact) mass is 515 g/mol. The number of piperazine rings is 1. The van der Waals surface area contributed by atoms with Crippen LogP contribution in [0.4, 0.5) is 0 Å². The Morgan fingerprint density at radius 2 is 1.49 bits per heavy atom. The number of nitrogens with zero attached hydrogens (tertiary/aromatic N) is 2. The van der Waals surface area contributed by atoms with Gasteiger partial charge in [0.2, 0.25) is 15.2 Å². The molecule has 2 aromatic carbocycles. The maximum atomic E-state index is 13.4. The molecule has 1 N–H and O–H groups in total. The fourth-order valence-electron chi connectivity index (χ4n) is 3.67. The molecule has 1 aromatic heterocycles. The van der Waals surface area contributed by atoms with E-state index in [-0.39, 0.29) is 48.3 Å². The van der Waals surface area contributed by atoms with Gasteiger partial charge in [0, 0.05) is 36.8 Å². The molecule has 0 aliphatic carbocycles. The van der Waals surface area contributed by atoms with Crippen molar-refractivity contribution in [2.75, 3.05) is 26.2 Å². The molecule has 1 aliphatic heterocycles. The van der Waals surface area contributed by atoms with Gasteiger partial charge in [-0.25, -0.2) is 8.42 Å². The lowest BCUT2D eigenvalue weighted by Gasteiger charge is -2.36. The lowest BCUT2D eigenvalue weighted by Crippen LogP contribution is -2.57. The number of amides is 3. The van der Waals surface area contributed by atoms with Crippen LogP contribution in [0, 0.1) is 0 Å². The Balaban J connectivity index is 1.55. The first-order valence-electron chi connectivity index (χ1n) is 10.7. The number of nitrogens with one attached hydrogen (secondary N) is 1. The Kier molecular flexibility index (Phi) is 7.23. The van der Waals surface area contributed by atoms with Gasteiger partial charge in [0.1, 0.15) is 0 Å². The van der Waals surface area contributed by atoms with Gasteiger partial charge in [0.05, 0.1) is 11.2 Å². The van der Waals surface area contributed by atoms with E-state index in [4.69, 9.17) is 16.0 Å². The Hall–Kier alpha value is -3.63. The summed E-state index contributed by atoms with van der Waals surface area (Å²) in [5.41, 5.74) is 0.157. The molecule has 182 valence electrons. The number of furan rings is 1. The Morgan fingerprint density at radius 3 is 2.09 bits per heavy atom. The number of carbonyl (C=O) groups is 3. The summed E-state index contributed by atoms with van der Waals surface area (Å²) < 4.78 is 32.0. The highest BCUT2D eigenvalue weighted by atomic mass is 35.5. The highest BCUT2D eigenvalue weighted by molar-refractivity contribution is 7.92. The molecule has 0 unspecified atom stereocenters. The molecule has 35 heavy (non-hydrogen) atoms. The van der Waals surface area contributed by atoms with Crippen molar-refractivity contribution in [2.24, 2.45) is 0 Å². The maximum Gasteiger partial charge on any atom is 0.289 e. The standard InChI is InChI=1S/C24H22ClN3O6S/c25-18-10-8-17(9-11-18)21(29)26-22(35(32,33)19-5-2-1-3-6-19)24(31)28-14-12-27(13-15-28)23(30)20-7-4-16-34-20/h1-11,16,22H,12-15H2,(H,26,29)/t22-/m0/s1. The average molecular weight is 516 g/mol. The second kappa shape index (κ2) is 10.3. The van der Waals surface area contributed by atoms with Crippen molar-refractivity contribution in [3.05, 3.63) is 89.3 Å². The number of hydrogen-bond acceptors (Lipinski definition) is 6. The van der Waals surface area contributed by atoms with Gasteiger partial charge in [-0.1, -0.05) is 29.8 Å². The molecule has 0 bridgehead atoms. The third-order valence-corrected chi connectivity index (χ3v) is 7.71. The van der Waals surface area contributed by atoms with E-state index < -0.39 is 27.0 Å². The first-order chi connectivity index (χ1) is 16.8. The number of hydrogen-bond donors (Lipinski definition) is 1. The lowest BCUT2D eigenvalue weighted by molar-refractivity contribution is -0.132. The third kappa shape index (κ3) is 5.39. The van der Waals surface area contributed by atoms with Crippen LogP contribution in [0.15, 0.2) is 82.3 Å². The van der Waals surface area contributed by atoms with E-state index in [1.165, 1.54) is 64.6 Å². The second-order valence-corrected chi connectivity index (χ2v) is 10.3. The fourth-order valence-corrected chi connectivity index (χ4v) is 5.29. The Labute approximate surface area is 207 Å². The van der Waals surface area contributed by atoms with E-state index in [2.05, 4.69) is 5.32 Å². The summed E-state index contributed by atoms with van der Waals surface area (Å²) in [5, 5.41) is 0.952. The topological polar surface area (TPSA) is 117 Å². The Morgan fingerprint density at radius 1 is 0.857 bits per heavy atom. The molecule has 11 heteroatoms. The van der Waals surface area contributed by atoms with Crippen molar-refractivity contribution < 1.29 is 27.2 Å². The molecule has 0 radical (unpaired) electrons. The van der Waals surface area contributed by atoms with Crippen LogP contribution in [-0.2, 0) is 14.6 Å². The number of sulfone groups is 1. The molecule has 9 nitrogen and oxygen atoms in total. The summed E-state index contributed by atoms with van der Waals surface area (Å²) >= 11 is 5.87. The first kappa shape index (κ1) is 24.5. The van der Waals surface area contributed by atoms with E-state index in [1.54, 1.807) is 18.2 Å². The number of halogens is 1. The maximum absolute atomic E-state index is 13.4. The Bertz CT molecular complexity index is 1300. The van der Waals surface area contributed by atoms with Gasteiger partial charge >= 0.3 is 0 Å². The number of carbonyl (C=O) groups excluding carboxylic acids is 3. The van der Waals surface area contributed by atoms with Crippen LogP contribution in [0.1, 0.15) is 20.9 Å². The minimum atomic E-state index is -4.27. The van der Waals surface area contributed by atoms with Crippen LogP contribution in [0.2, 0.25) is 5.02 Å². The quantitative estimate of drug-likeness (QED) is 0.539. The van der Waals surface area contributed by atoms with Gasteiger partial charge in [-0.3, -0.25) is 14.4 Å². The van der Waals surface area contributed by atoms with Crippen LogP contribution in [-0.4, -0.2) is 67.5 Å². The zero-order valence-electron chi connectivity index (χ0n) is 18.5. The van der Waals surface area contributed by atoms with Crippen LogP contribution >= 0.6 is 11.6 Å². The summed E-state index contributed by atoms with van der Waals surface area (Å²) in [7, 11) is -4.27. The lowest BCUT2D eigenvalue weighted by atomic mass is 10.2. The van der Waals surface area contributed by atoms with Crippen LogP contribution in [0.3, 0.4) is 0 Å². The highest BCUT2D eigenvalue weighted by Crippen LogP contribution is 2.19. The molecule has 0 saturated carbocycles. The second-order valence-electron chi connectivity index (χ2n) is 7.81. The normalized spacial score (nSPS) is 14.9. The minimum absolute atomic E-state index is 0.0959. The van der Waals surface area contributed by atoms with Gasteiger partial charge in [0.15, 0.2) is 5.76 Å². The van der Waals surface area contributed by atoms with E-state index in [1.807, 2.05) is 0 Å². The van der Waals surface area contributed by atoms with Gasteiger partial charge in [-0.15, -0.1) is 0 Å². The van der Waals surface area contributed by atoms with Crippen molar-refractivity contribution in [3.8, 4) is 0 Å². The zero-order chi connectivity index (χ0) is 25.0. The molecule has 4 rings (SSSR count). The molecule has 1 fully saturated rings. The summed E-state index contributed by atoms with van der Waals surface area (Å²) in [6, 6.07) is 16.5. The molecule has 0 spiro atoms. The molecule has 2 heterocycles. The van der Waals surface area contributed by atoms with Crippen molar-refractivity contribution >= 4 is 39.2 Å². The number of rotatable bonds is 6. The SMILES string of the molecule is O=C(N[C@H](C(=O)N1CCN(C(=O)c2ccco2)CC1)S(=O)(=O)c1ccccc1)c1ccc(Cl)cc1. The highest BCUT2D eigenvalue weighted by Gasteiger charge is 2.39. The largest absolute Gasteiger partial charge is 0.459 e.